The summed E-state index contributed by atoms with van der Waals surface area (Å²) in [5, 5.41) is 8.54. The Morgan fingerprint density at radius 2 is 2.10 bits per heavy atom. The van der Waals surface area contributed by atoms with Gasteiger partial charge in [0.25, 0.3) is 0 Å². The number of hydrogen-bond acceptors (Lipinski definition) is 5. The summed E-state index contributed by atoms with van der Waals surface area (Å²) >= 11 is 0. The molecule has 1 aromatic rings. The van der Waals surface area contributed by atoms with Crippen LogP contribution in [0.25, 0.3) is 0 Å². The second-order valence-electron chi connectivity index (χ2n) is 4.99. The molecule has 112 valence electrons. The summed E-state index contributed by atoms with van der Waals surface area (Å²) in [5.41, 5.74) is 0.659. The summed E-state index contributed by atoms with van der Waals surface area (Å²) in [6.45, 7) is 1.77. The minimum absolute atomic E-state index is 0.0137. The largest absolute Gasteiger partial charge is 0.486 e. The number of anilines is 1. The van der Waals surface area contributed by atoms with Gasteiger partial charge in [-0.3, -0.25) is 9.59 Å². The van der Waals surface area contributed by atoms with Crippen LogP contribution in [-0.2, 0) is 9.59 Å². The van der Waals surface area contributed by atoms with Crippen molar-refractivity contribution in [3.63, 3.8) is 0 Å². The van der Waals surface area contributed by atoms with Gasteiger partial charge in [0.15, 0.2) is 11.5 Å². The van der Waals surface area contributed by atoms with Crippen LogP contribution < -0.4 is 25.4 Å². The summed E-state index contributed by atoms with van der Waals surface area (Å²) < 4.78 is 10.9. The monoisotopic (exact) mass is 291 g/mol. The van der Waals surface area contributed by atoms with E-state index in [9.17, 15) is 9.59 Å². The number of carbonyl (C=O) groups excluding carboxylic acids is 2. The van der Waals surface area contributed by atoms with Crippen molar-refractivity contribution in [3.8, 4) is 11.5 Å². The lowest BCUT2D eigenvalue weighted by Crippen LogP contribution is -2.37. The standard InChI is InChI=1S/C14H17N3O4/c18-13-6-10(7-16-13)15-8-14(19)17-9-1-2-11-12(5-9)21-4-3-20-11/h1-2,5,10,15H,3-4,6-8H2,(H,16,18)(H,17,19). The zero-order valence-corrected chi connectivity index (χ0v) is 11.5. The Morgan fingerprint density at radius 1 is 1.29 bits per heavy atom. The Bertz CT molecular complexity index is 561. The van der Waals surface area contributed by atoms with Gasteiger partial charge in [0, 0.05) is 30.8 Å². The third kappa shape index (κ3) is 3.43. The highest BCUT2D eigenvalue weighted by Crippen LogP contribution is 2.32. The molecule has 2 amide bonds. The van der Waals surface area contributed by atoms with Gasteiger partial charge in [-0.1, -0.05) is 0 Å². The maximum atomic E-state index is 11.9. The fraction of sp³-hybridized carbons (Fsp3) is 0.429. The quantitative estimate of drug-likeness (QED) is 0.719. The van der Waals surface area contributed by atoms with Crippen molar-refractivity contribution in [1.82, 2.24) is 10.6 Å². The molecule has 7 nitrogen and oxygen atoms in total. The average molecular weight is 291 g/mol. The molecular formula is C14H17N3O4. The highest BCUT2D eigenvalue weighted by molar-refractivity contribution is 5.92. The van der Waals surface area contributed by atoms with E-state index < -0.39 is 0 Å². The first-order valence-electron chi connectivity index (χ1n) is 6.90. The number of ether oxygens (including phenoxy) is 2. The summed E-state index contributed by atoms with van der Waals surface area (Å²) in [7, 11) is 0. The molecule has 0 spiro atoms. The lowest BCUT2D eigenvalue weighted by Gasteiger charge is -2.19. The predicted octanol–water partition coefficient (Wildman–Crippen LogP) is -0.126. The fourth-order valence-corrected chi connectivity index (χ4v) is 2.31. The number of rotatable bonds is 4. The molecule has 7 heteroatoms. The van der Waals surface area contributed by atoms with Gasteiger partial charge in [-0.15, -0.1) is 0 Å². The van der Waals surface area contributed by atoms with Gasteiger partial charge in [-0.05, 0) is 12.1 Å². The Morgan fingerprint density at radius 3 is 2.86 bits per heavy atom. The maximum absolute atomic E-state index is 11.9. The van der Waals surface area contributed by atoms with E-state index in [4.69, 9.17) is 9.47 Å². The van der Waals surface area contributed by atoms with Gasteiger partial charge in [0.2, 0.25) is 11.8 Å². The minimum Gasteiger partial charge on any atom is -0.486 e. The van der Waals surface area contributed by atoms with Crippen LogP contribution in [0.3, 0.4) is 0 Å². The topological polar surface area (TPSA) is 88.7 Å². The Balaban J connectivity index is 1.51. The van der Waals surface area contributed by atoms with Gasteiger partial charge in [-0.2, -0.15) is 0 Å². The smallest absolute Gasteiger partial charge is 0.238 e. The highest BCUT2D eigenvalue weighted by Gasteiger charge is 2.21. The highest BCUT2D eigenvalue weighted by atomic mass is 16.6. The first kappa shape index (κ1) is 13.7. The molecule has 0 aliphatic carbocycles. The number of amides is 2. The van der Waals surface area contributed by atoms with E-state index in [1.807, 2.05) is 0 Å². The van der Waals surface area contributed by atoms with E-state index in [2.05, 4.69) is 16.0 Å². The molecule has 0 radical (unpaired) electrons. The van der Waals surface area contributed by atoms with Crippen LogP contribution >= 0.6 is 0 Å². The molecule has 1 unspecified atom stereocenters. The molecular weight excluding hydrogens is 274 g/mol. The summed E-state index contributed by atoms with van der Waals surface area (Å²) in [4.78, 5) is 22.9. The first-order valence-corrected chi connectivity index (χ1v) is 6.90. The zero-order valence-electron chi connectivity index (χ0n) is 11.5. The molecule has 0 saturated carbocycles. The molecule has 3 rings (SSSR count). The van der Waals surface area contributed by atoms with Gasteiger partial charge in [0.1, 0.15) is 13.2 Å². The third-order valence-corrected chi connectivity index (χ3v) is 3.35. The SMILES string of the molecule is O=C1CC(NCC(=O)Nc2ccc3c(c2)OCCO3)CN1. The van der Waals surface area contributed by atoms with Crippen molar-refractivity contribution in [2.45, 2.75) is 12.5 Å². The lowest BCUT2D eigenvalue weighted by atomic mass is 10.2. The van der Waals surface area contributed by atoms with Crippen molar-refractivity contribution in [2.24, 2.45) is 0 Å². The van der Waals surface area contributed by atoms with Crippen molar-refractivity contribution in [2.75, 3.05) is 31.6 Å². The van der Waals surface area contributed by atoms with Gasteiger partial charge < -0.3 is 25.4 Å². The van der Waals surface area contributed by atoms with Crippen molar-refractivity contribution >= 4 is 17.5 Å². The predicted molar refractivity (Wildman–Crippen MR) is 75.5 cm³/mol. The average Bonchev–Trinajstić information content (AvgIpc) is 2.91. The fourth-order valence-electron chi connectivity index (χ4n) is 2.31. The van der Waals surface area contributed by atoms with E-state index >= 15 is 0 Å². The molecule has 3 N–H and O–H groups in total. The van der Waals surface area contributed by atoms with Crippen molar-refractivity contribution < 1.29 is 19.1 Å². The lowest BCUT2D eigenvalue weighted by molar-refractivity contribution is -0.119. The Kier molecular flexibility index (Phi) is 3.92. The molecule has 0 aromatic heterocycles. The minimum atomic E-state index is -0.161. The molecule has 1 atom stereocenters. The van der Waals surface area contributed by atoms with Gasteiger partial charge in [0.05, 0.1) is 6.54 Å². The number of benzene rings is 1. The third-order valence-electron chi connectivity index (χ3n) is 3.35. The molecule has 21 heavy (non-hydrogen) atoms. The second kappa shape index (κ2) is 6.01. The first-order chi connectivity index (χ1) is 10.2. The normalized spacial score (nSPS) is 20.0. The summed E-state index contributed by atoms with van der Waals surface area (Å²) in [6.07, 6.45) is 0.414. The summed E-state index contributed by atoms with van der Waals surface area (Å²) in [6, 6.07) is 5.31. The van der Waals surface area contributed by atoms with Crippen molar-refractivity contribution in [1.29, 1.82) is 0 Å². The van der Waals surface area contributed by atoms with Crippen molar-refractivity contribution in [3.05, 3.63) is 18.2 Å². The van der Waals surface area contributed by atoms with Crippen LogP contribution in [0, 0.1) is 0 Å². The van der Waals surface area contributed by atoms with Gasteiger partial charge >= 0.3 is 0 Å². The molecule has 1 aromatic carbocycles. The van der Waals surface area contributed by atoms with Crippen LogP contribution in [0.15, 0.2) is 18.2 Å². The van der Waals surface area contributed by atoms with E-state index in [1.54, 1.807) is 18.2 Å². The Hall–Kier alpha value is -2.28. The van der Waals surface area contributed by atoms with Crippen LogP contribution in [-0.4, -0.2) is 44.2 Å². The number of carbonyl (C=O) groups is 2. The van der Waals surface area contributed by atoms with E-state index in [0.717, 1.165) is 0 Å². The molecule has 2 heterocycles. The zero-order chi connectivity index (χ0) is 14.7. The van der Waals surface area contributed by atoms with E-state index in [1.165, 1.54) is 0 Å². The number of hydrogen-bond donors (Lipinski definition) is 3. The van der Waals surface area contributed by atoms with E-state index in [-0.39, 0.29) is 24.4 Å². The summed E-state index contributed by atoms with van der Waals surface area (Å²) in [5.74, 6) is 1.18. The van der Waals surface area contributed by atoms with E-state index in [0.29, 0.717) is 43.4 Å². The molecule has 1 saturated heterocycles. The molecule has 1 fully saturated rings. The maximum Gasteiger partial charge on any atom is 0.238 e. The molecule has 2 aliphatic rings. The molecule has 2 aliphatic heterocycles. The Labute approximate surface area is 122 Å². The number of nitrogens with one attached hydrogen (secondary N) is 3. The van der Waals surface area contributed by atoms with Crippen LogP contribution in [0.2, 0.25) is 0 Å². The molecule has 0 bridgehead atoms. The second-order valence-corrected chi connectivity index (χ2v) is 4.99. The number of fused-ring (bicyclic) bond motifs is 1. The van der Waals surface area contributed by atoms with Crippen LogP contribution in [0.5, 0.6) is 11.5 Å². The van der Waals surface area contributed by atoms with Crippen LogP contribution in [0.4, 0.5) is 5.69 Å². The van der Waals surface area contributed by atoms with Crippen LogP contribution in [0.1, 0.15) is 6.42 Å². The van der Waals surface area contributed by atoms with Gasteiger partial charge in [-0.25, -0.2) is 0 Å².